The first-order valence-electron chi connectivity index (χ1n) is 21.2. The molecule has 9 rings (SSSR count). The van der Waals surface area contributed by atoms with Crippen LogP contribution in [0.15, 0.2) is 73.1 Å². The van der Waals surface area contributed by atoms with Crippen LogP contribution in [-0.2, 0) is 22.5 Å². The minimum Gasteiger partial charge on any atom is -0.381 e. The van der Waals surface area contributed by atoms with Crippen molar-refractivity contribution in [1.29, 1.82) is 0 Å². The van der Waals surface area contributed by atoms with Gasteiger partial charge in [0.25, 0.3) is 5.91 Å². The molecule has 3 aromatic carbocycles. The van der Waals surface area contributed by atoms with Crippen LogP contribution in [-0.4, -0.2) is 114 Å². The Balaban J connectivity index is 0.835. The molecule has 0 bridgehead atoms. The summed E-state index contributed by atoms with van der Waals surface area (Å²) >= 11 is 0. The fourth-order valence-electron chi connectivity index (χ4n) is 9.11. The second-order valence-corrected chi connectivity index (χ2v) is 16.4. The Kier molecular flexibility index (Phi) is 11.9. The average Bonchev–Trinajstić information content (AvgIpc) is 3.65. The monoisotopic (exact) mass is 832 g/mol. The normalized spacial score (nSPS) is 18.7. The molecule has 6 heterocycles. The van der Waals surface area contributed by atoms with Gasteiger partial charge in [0.15, 0.2) is 5.82 Å². The van der Waals surface area contributed by atoms with Gasteiger partial charge in [-0.25, -0.2) is 13.6 Å². The number of anilines is 4. The number of carbonyl (C=O) groups excluding carboxylic acids is 3. The molecule has 4 fully saturated rings. The number of hydrogen-bond acceptors (Lipinski definition) is 10. The van der Waals surface area contributed by atoms with E-state index in [4.69, 9.17) is 4.74 Å². The van der Waals surface area contributed by atoms with Gasteiger partial charge in [-0.1, -0.05) is 6.07 Å². The van der Waals surface area contributed by atoms with E-state index in [1.54, 1.807) is 17.3 Å². The molecule has 4 amide bonds. The number of rotatable bonds is 11. The molecule has 2 aromatic heterocycles. The number of halogens is 2. The van der Waals surface area contributed by atoms with Crippen LogP contribution >= 0.6 is 0 Å². The summed E-state index contributed by atoms with van der Waals surface area (Å²) in [6.45, 7) is 7.91. The van der Waals surface area contributed by atoms with Crippen LogP contribution < -0.4 is 25.8 Å². The Hall–Kier alpha value is -5.97. The zero-order chi connectivity index (χ0) is 41.9. The van der Waals surface area contributed by atoms with E-state index in [-0.39, 0.29) is 24.3 Å². The van der Waals surface area contributed by atoms with Crippen LogP contribution in [0.3, 0.4) is 0 Å². The molecule has 61 heavy (non-hydrogen) atoms. The molecule has 0 spiro atoms. The Labute approximate surface area is 352 Å². The second-order valence-electron chi connectivity index (χ2n) is 16.4. The Morgan fingerprint density at radius 3 is 2.41 bits per heavy atom. The Morgan fingerprint density at radius 1 is 0.852 bits per heavy atom. The van der Waals surface area contributed by atoms with Crippen molar-refractivity contribution in [2.45, 2.75) is 57.2 Å². The van der Waals surface area contributed by atoms with Crippen molar-refractivity contribution in [3.63, 3.8) is 0 Å². The summed E-state index contributed by atoms with van der Waals surface area (Å²) in [5, 5.41) is 17.2. The fourth-order valence-corrected chi connectivity index (χ4v) is 9.11. The number of imide groups is 1. The highest BCUT2D eigenvalue weighted by atomic mass is 19.1. The molecule has 16 heteroatoms. The van der Waals surface area contributed by atoms with Crippen molar-refractivity contribution in [2.24, 2.45) is 0 Å². The number of H-pyrrole nitrogens is 1. The number of nitrogens with zero attached hydrogens (tertiary/aromatic N) is 6. The Morgan fingerprint density at radius 2 is 1.64 bits per heavy atom. The molecule has 318 valence electrons. The van der Waals surface area contributed by atoms with Crippen molar-refractivity contribution in [1.82, 2.24) is 30.3 Å². The molecular formula is C45H50F2N10O4. The van der Waals surface area contributed by atoms with E-state index in [9.17, 15) is 23.2 Å². The summed E-state index contributed by atoms with van der Waals surface area (Å²) in [5.74, 6) is -1.42. The largest absolute Gasteiger partial charge is 0.381 e. The van der Waals surface area contributed by atoms with Gasteiger partial charge < -0.3 is 20.3 Å². The van der Waals surface area contributed by atoms with E-state index >= 15 is 0 Å². The van der Waals surface area contributed by atoms with E-state index in [2.05, 4.69) is 51.9 Å². The lowest BCUT2D eigenvalue weighted by molar-refractivity contribution is -0.120. The summed E-state index contributed by atoms with van der Waals surface area (Å²) in [4.78, 5) is 51.7. The second kappa shape index (κ2) is 17.9. The third-order valence-corrected chi connectivity index (χ3v) is 12.4. The lowest BCUT2D eigenvalue weighted by atomic mass is 10.0. The lowest BCUT2D eigenvalue weighted by Gasteiger charge is -2.43. The topological polar surface area (TPSA) is 151 Å². The van der Waals surface area contributed by atoms with E-state index in [1.807, 2.05) is 36.4 Å². The highest BCUT2D eigenvalue weighted by molar-refractivity contribution is 6.11. The number of piperidine rings is 1. The number of carbonyl (C=O) groups is 3. The smallest absolute Gasteiger partial charge is 0.328 e. The van der Waals surface area contributed by atoms with Crippen LogP contribution in [0.5, 0.6) is 0 Å². The predicted molar refractivity (Wildman–Crippen MR) is 229 cm³/mol. The number of hydrogen-bond donors (Lipinski definition) is 4. The number of aromatic amines is 1. The van der Waals surface area contributed by atoms with Gasteiger partial charge >= 0.3 is 6.03 Å². The van der Waals surface area contributed by atoms with Crippen molar-refractivity contribution >= 4 is 51.6 Å². The van der Waals surface area contributed by atoms with Crippen LogP contribution in [0, 0.1) is 11.6 Å². The van der Waals surface area contributed by atoms with Crippen molar-refractivity contribution < 1.29 is 27.9 Å². The maximum Gasteiger partial charge on any atom is 0.328 e. The summed E-state index contributed by atoms with van der Waals surface area (Å²) in [7, 11) is 0. The number of aromatic nitrogens is 3. The third-order valence-electron chi connectivity index (χ3n) is 12.4. The van der Waals surface area contributed by atoms with E-state index in [1.165, 1.54) is 12.1 Å². The van der Waals surface area contributed by atoms with Gasteiger partial charge in [-0.3, -0.25) is 39.7 Å². The van der Waals surface area contributed by atoms with Crippen LogP contribution in [0.4, 0.5) is 36.5 Å². The van der Waals surface area contributed by atoms with E-state index < -0.39 is 17.7 Å². The number of likely N-dealkylation sites (tertiary alicyclic amines) is 1. The van der Waals surface area contributed by atoms with Gasteiger partial charge in [0.2, 0.25) is 5.91 Å². The molecule has 14 nitrogen and oxygen atoms in total. The zero-order valence-electron chi connectivity index (χ0n) is 34.0. The van der Waals surface area contributed by atoms with Crippen molar-refractivity contribution in [3.05, 3.63) is 107 Å². The number of nitrogens with one attached hydrogen (secondary N) is 4. The van der Waals surface area contributed by atoms with Gasteiger partial charge in [0.05, 0.1) is 23.0 Å². The first kappa shape index (κ1) is 40.4. The predicted octanol–water partition coefficient (Wildman–Crippen LogP) is 5.90. The van der Waals surface area contributed by atoms with Crippen molar-refractivity contribution in [2.75, 3.05) is 79.5 Å². The quantitative estimate of drug-likeness (QED) is 0.127. The SMILES string of the molecule is O=C1CCN(c2cnccc2CN2CCC(N3CCN(c4ccc(C(=O)Nc5n[nH]c6ccc(Cc7cc(F)cc(F)c7)cc56)c(NC5CCOCC5)c4)CC3)CC2)C(=O)N1. The minimum absolute atomic E-state index is 0.166. The number of benzene rings is 3. The number of piperazine rings is 1. The van der Waals surface area contributed by atoms with Crippen LogP contribution in [0.1, 0.15) is 59.2 Å². The number of urea groups is 1. The van der Waals surface area contributed by atoms with Gasteiger partial charge in [0.1, 0.15) is 11.6 Å². The molecule has 0 radical (unpaired) electrons. The number of pyridine rings is 1. The number of amides is 4. The molecule has 0 saturated carbocycles. The molecular weight excluding hydrogens is 783 g/mol. The van der Waals surface area contributed by atoms with Crippen molar-refractivity contribution in [3.8, 4) is 0 Å². The van der Waals surface area contributed by atoms with E-state index in [0.29, 0.717) is 54.6 Å². The standard InChI is InChI=1S/C45H50F2N10O4/c46-32-22-30(23-33(47)25-32)21-29-1-4-39-38(24-29)43(53-52-39)51-44(59)37-3-2-36(26-40(37)49-34-9-19-61-20-10-34)56-17-15-55(16-18-56)35-6-12-54(13-7-35)28-31-5-11-48-27-41(31)57-14-8-42(58)50-45(57)60/h1-5,11,22-27,34-35,49H,6-10,12-21,28H2,(H,50,58,60)(H2,51,52,53,59). The highest BCUT2D eigenvalue weighted by Crippen LogP contribution is 2.31. The van der Waals surface area contributed by atoms with Gasteiger partial charge in [-0.2, -0.15) is 5.10 Å². The molecule has 0 aliphatic carbocycles. The minimum atomic E-state index is -0.624. The number of ether oxygens (including phenoxy) is 1. The summed E-state index contributed by atoms with van der Waals surface area (Å²) < 4.78 is 33.4. The third kappa shape index (κ3) is 9.36. The fraction of sp³-hybridized carbons (Fsp3) is 0.400. The highest BCUT2D eigenvalue weighted by Gasteiger charge is 2.31. The maximum atomic E-state index is 14.0. The van der Waals surface area contributed by atoms with Gasteiger partial charge in [-0.15, -0.1) is 0 Å². The van der Waals surface area contributed by atoms with Crippen LogP contribution in [0.2, 0.25) is 0 Å². The molecule has 4 aliphatic rings. The lowest BCUT2D eigenvalue weighted by Crippen LogP contribution is -2.53. The molecule has 0 unspecified atom stereocenters. The molecule has 4 saturated heterocycles. The summed E-state index contributed by atoms with van der Waals surface area (Å²) in [6, 6.07) is 17.3. The molecule has 4 aliphatic heterocycles. The first-order chi connectivity index (χ1) is 29.7. The maximum absolute atomic E-state index is 14.0. The van der Waals surface area contributed by atoms with E-state index in [0.717, 1.165) is 111 Å². The van der Waals surface area contributed by atoms with Gasteiger partial charge in [-0.05, 0) is 110 Å². The first-order valence-corrected chi connectivity index (χ1v) is 21.2. The zero-order valence-corrected chi connectivity index (χ0v) is 34.0. The molecule has 5 aromatic rings. The van der Waals surface area contributed by atoms with Gasteiger partial charge in [0, 0.05) is 100 Å². The molecule has 0 atom stereocenters. The molecule has 4 N–H and O–H groups in total. The Bertz CT molecular complexity index is 2390. The van der Waals surface area contributed by atoms with Crippen LogP contribution in [0.25, 0.3) is 10.9 Å². The summed E-state index contributed by atoms with van der Waals surface area (Å²) in [6.07, 6.45) is 7.86. The average molecular weight is 833 g/mol. The summed E-state index contributed by atoms with van der Waals surface area (Å²) in [5.41, 5.74) is 6.19. The number of fused-ring (bicyclic) bond motifs is 1.